The zero-order valence-electron chi connectivity index (χ0n) is 8.56. The summed E-state index contributed by atoms with van der Waals surface area (Å²) in [5.74, 6) is 0.196. The maximum Gasteiger partial charge on any atom is 0.150 e. The molecule has 0 spiro atoms. The molecular formula is C12H7BrFNO2. The molecule has 0 N–H and O–H groups in total. The van der Waals surface area contributed by atoms with E-state index in [0.717, 1.165) is 10.5 Å². The van der Waals surface area contributed by atoms with Crippen LogP contribution in [0.1, 0.15) is 10.4 Å². The second-order valence-electron chi connectivity index (χ2n) is 3.28. The van der Waals surface area contributed by atoms with Crippen LogP contribution < -0.4 is 4.74 Å². The van der Waals surface area contributed by atoms with Gasteiger partial charge in [0.05, 0.1) is 6.20 Å². The van der Waals surface area contributed by atoms with Gasteiger partial charge in [0.1, 0.15) is 23.6 Å². The highest BCUT2D eigenvalue weighted by Crippen LogP contribution is 2.24. The van der Waals surface area contributed by atoms with Gasteiger partial charge in [-0.3, -0.25) is 9.78 Å². The number of hydrogen-bond acceptors (Lipinski definition) is 3. The molecule has 0 aliphatic carbocycles. The lowest BCUT2D eigenvalue weighted by molar-refractivity contribution is 0.112. The first-order valence-corrected chi connectivity index (χ1v) is 5.51. The largest absolute Gasteiger partial charge is 0.456 e. The number of carbonyl (C=O) groups excluding carboxylic acids is 1. The van der Waals surface area contributed by atoms with E-state index < -0.39 is 5.82 Å². The second-order valence-corrected chi connectivity index (χ2v) is 4.19. The standard InChI is InChI=1S/C12H7BrFNO2/c13-9-3-12(6-15-5-9)17-11-2-8(7-16)1-10(14)4-11/h1-7H. The summed E-state index contributed by atoms with van der Waals surface area (Å²) >= 11 is 3.25. The van der Waals surface area contributed by atoms with Gasteiger partial charge in [-0.25, -0.2) is 4.39 Å². The molecule has 1 heterocycles. The average Bonchev–Trinajstić information content (AvgIpc) is 2.28. The number of halogens is 2. The molecule has 0 aliphatic heterocycles. The zero-order chi connectivity index (χ0) is 12.3. The maximum atomic E-state index is 13.1. The fourth-order valence-corrected chi connectivity index (χ4v) is 1.64. The maximum absolute atomic E-state index is 13.1. The Morgan fingerprint density at radius 3 is 2.71 bits per heavy atom. The summed E-state index contributed by atoms with van der Waals surface area (Å²) in [6.07, 6.45) is 3.67. The Hall–Kier alpha value is -1.75. The molecule has 1 aromatic carbocycles. The molecule has 0 amide bonds. The first-order chi connectivity index (χ1) is 8.17. The summed E-state index contributed by atoms with van der Waals surface area (Å²) in [5, 5.41) is 0. The minimum absolute atomic E-state index is 0.225. The summed E-state index contributed by atoms with van der Waals surface area (Å²) in [6, 6.07) is 5.49. The molecule has 0 unspecified atom stereocenters. The quantitative estimate of drug-likeness (QED) is 0.813. The number of carbonyl (C=O) groups is 1. The minimum atomic E-state index is -0.521. The normalized spacial score (nSPS) is 10.0. The van der Waals surface area contributed by atoms with Crippen LogP contribution in [0, 0.1) is 5.82 Å². The fraction of sp³-hybridized carbons (Fsp3) is 0. The SMILES string of the molecule is O=Cc1cc(F)cc(Oc2cncc(Br)c2)c1. The third-order valence-electron chi connectivity index (χ3n) is 1.95. The average molecular weight is 296 g/mol. The Morgan fingerprint density at radius 2 is 2.00 bits per heavy atom. The number of pyridine rings is 1. The predicted molar refractivity (Wildman–Crippen MR) is 63.8 cm³/mol. The van der Waals surface area contributed by atoms with Crippen LogP contribution in [-0.2, 0) is 0 Å². The summed E-state index contributed by atoms with van der Waals surface area (Å²) in [4.78, 5) is 14.5. The summed E-state index contributed by atoms with van der Waals surface area (Å²) < 4.78 is 19.3. The highest BCUT2D eigenvalue weighted by atomic mass is 79.9. The summed E-state index contributed by atoms with van der Waals surface area (Å²) in [7, 11) is 0. The number of nitrogens with zero attached hydrogens (tertiary/aromatic N) is 1. The number of ether oxygens (including phenoxy) is 1. The van der Waals surface area contributed by atoms with Gasteiger partial charge in [-0.1, -0.05) is 0 Å². The molecule has 0 fully saturated rings. The lowest BCUT2D eigenvalue weighted by atomic mass is 10.2. The number of aldehydes is 1. The van der Waals surface area contributed by atoms with Gasteiger partial charge >= 0.3 is 0 Å². The van der Waals surface area contributed by atoms with Crippen molar-refractivity contribution in [2.24, 2.45) is 0 Å². The Morgan fingerprint density at radius 1 is 1.18 bits per heavy atom. The van der Waals surface area contributed by atoms with Crippen LogP contribution in [0.25, 0.3) is 0 Å². The van der Waals surface area contributed by atoms with Crippen molar-refractivity contribution in [3.05, 3.63) is 52.5 Å². The van der Waals surface area contributed by atoms with Gasteiger partial charge in [0.15, 0.2) is 0 Å². The van der Waals surface area contributed by atoms with Gasteiger partial charge < -0.3 is 4.74 Å². The van der Waals surface area contributed by atoms with Crippen molar-refractivity contribution in [1.82, 2.24) is 4.98 Å². The van der Waals surface area contributed by atoms with Crippen molar-refractivity contribution in [3.8, 4) is 11.5 Å². The molecule has 2 rings (SSSR count). The van der Waals surface area contributed by atoms with Crippen LogP contribution in [0.4, 0.5) is 4.39 Å². The molecule has 0 saturated carbocycles. The zero-order valence-corrected chi connectivity index (χ0v) is 10.1. The number of benzene rings is 1. The molecular weight excluding hydrogens is 289 g/mol. The molecule has 17 heavy (non-hydrogen) atoms. The minimum Gasteiger partial charge on any atom is -0.456 e. The van der Waals surface area contributed by atoms with E-state index >= 15 is 0 Å². The van der Waals surface area contributed by atoms with Gasteiger partial charge in [0.25, 0.3) is 0 Å². The van der Waals surface area contributed by atoms with Gasteiger partial charge in [-0.2, -0.15) is 0 Å². The highest BCUT2D eigenvalue weighted by molar-refractivity contribution is 9.10. The molecule has 0 bridgehead atoms. The van der Waals surface area contributed by atoms with Crippen molar-refractivity contribution >= 4 is 22.2 Å². The molecule has 0 radical (unpaired) electrons. The van der Waals surface area contributed by atoms with E-state index in [9.17, 15) is 9.18 Å². The highest BCUT2D eigenvalue weighted by Gasteiger charge is 2.03. The third kappa shape index (κ3) is 3.10. The van der Waals surface area contributed by atoms with Crippen molar-refractivity contribution in [2.75, 3.05) is 0 Å². The van der Waals surface area contributed by atoms with E-state index in [1.54, 1.807) is 12.3 Å². The van der Waals surface area contributed by atoms with E-state index in [4.69, 9.17) is 4.74 Å². The van der Waals surface area contributed by atoms with Crippen molar-refractivity contribution in [2.45, 2.75) is 0 Å². The van der Waals surface area contributed by atoms with Gasteiger partial charge in [-0.05, 0) is 34.1 Å². The van der Waals surface area contributed by atoms with Crippen LogP contribution in [-0.4, -0.2) is 11.3 Å². The molecule has 0 saturated heterocycles. The number of aromatic nitrogens is 1. The van der Waals surface area contributed by atoms with Crippen molar-refractivity contribution < 1.29 is 13.9 Å². The molecule has 1 aromatic heterocycles. The summed E-state index contributed by atoms with van der Waals surface area (Å²) in [5.41, 5.74) is 0.225. The van der Waals surface area contributed by atoms with E-state index in [1.165, 1.54) is 18.3 Å². The van der Waals surface area contributed by atoms with Crippen LogP contribution in [0.3, 0.4) is 0 Å². The predicted octanol–water partition coefficient (Wildman–Crippen LogP) is 3.59. The van der Waals surface area contributed by atoms with Crippen molar-refractivity contribution in [3.63, 3.8) is 0 Å². The van der Waals surface area contributed by atoms with E-state index in [0.29, 0.717) is 12.0 Å². The van der Waals surface area contributed by atoms with E-state index in [2.05, 4.69) is 20.9 Å². The number of hydrogen-bond donors (Lipinski definition) is 0. The molecule has 3 nitrogen and oxygen atoms in total. The lowest BCUT2D eigenvalue weighted by Crippen LogP contribution is -1.89. The van der Waals surface area contributed by atoms with Crippen LogP contribution in [0.5, 0.6) is 11.5 Å². The van der Waals surface area contributed by atoms with Crippen molar-refractivity contribution in [1.29, 1.82) is 0 Å². The molecule has 86 valence electrons. The Kier molecular flexibility index (Phi) is 3.49. The molecule has 0 aliphatic rings. The van der Waals surface area contributed by atoms with Crippen LogP contribution in [0.15, 0.2) is 41.1 Å². The summed E-state index contributed by atoms with van der Waals surface area (Å²) in [6.45, 7) is 0. The molecule has 2 aromatic rings. The van der Waals surface area contributed by atoms with E-state index in [1.807, 2.05) is 0 Å². The number of rotatable bonds is 3. The Bertz CT molecular complexity index is 560. The van der Waals surface area contributed by atoms with Gasteiger partial charge in [0.2, 0.25) is 0 Å². The third-order valence-corrected chi connectivity index (χ3v) is 2.38. The van der Waals surface area contributed by atoms with Gasteiger partial charge in [-0.15, -0.1) is 0 Å². The van der Waals surface area contributed by atoms with Gasteiger partial charge in [0, 0.05) is 22.3 Å². The second kappa shape index (κ2) is 5.05. The lowest BCUT2D eigenvalue weighted by Gasteiger charge is -2.06. The first-order valence-electron chi connectivity index (χ1n) is 4.71. The Labute approximate surface area is 105 Å². The molecule has 0 atom stereocenters. The first kappa shape index (κ1) is 11.7. The van der Waals surface area contributed by atoms with E-state index in [-0.39, 0.29) is 11.3 Å². The topological polar surface area (TPSA) is 39.2 Å². The molecule has 5 heteroatoms. The Balaban J connectivity index is 2.29. The van der Waals surface area contributed by atoms with Crippen LogP contribution >= 0.6 is 15.9 Å². The smallest absolute Gasteiger partial charge is 0.150 e. The monoisotopic (exact) mass is 295 g/mol. The van der Waals surface area contributed by atoms with Crippen LogP contribution in [0.2, 0.25) is 0 Å². The fourth-order valence-electron chi connectivity index (χ4n) is 1.30.